The zero-order valence-corrected chi connectivity index (χ0v) is 22.6. The number of hydrogen-bond donors (Lipinski definition) is 2. The van der Waals surface area contributed by atoms with E-state index in [1.807, 2.05) is 18.2 Å². The number of piperazine rings is 1. The first-order chi connectivity index (χ1) is 18.3. The van der Waals surface area contributed by atoms with Gasteiger partial charge in [0, 0.05) is 56.7 Å². The van der Waals surface area contributed by atoms with Crippen LogP contribution in [0.2, 0.25) is 0 Å². The number of aromatic hydroxyl groups is 1. The summed E-state index contributed by atoms with van der Waals surface area (Å²) >= 11 is 0. The summed E-state index contributed by atoms with van der Waals surface area (Å²) in [5.41, 5.74) is 2.66. The molecule has 0 aromatic heterocycles. The van der Waals surface area contributed by atoms with E-state index in [1.165, 1.54) is 18.1 Å². The van der Waals surface area contributed by atoms with Crippen LogP contribution in [0, 0.1) is 0 Å². The number of nitrogens with one attached hydrogen (secondary N) is 1. The van der Waals surface area contributed by atoms with Gasteiger partial charge in [-0.2, -0.15) is 0 Å². The molecule has 10 nitrogen and oxygen atoms in total. The number of hydrogen-bond acceptors (Lipinski definition) is 8. The highest BCUT2D eigenvalue weighted by Gasteiger charge is 2.38. The van der Waals surface area contributed by atoms with Crippen molar-refractivity contribution in [3.05, 3.63) is 59.3 Å². The molecule has 2 N–H and O–H groups in total. The van der Waals surface area contributed by atoms with Crippen molar-refractivity contribution in [3.8, 4) is 17.2 Å². The van der Waals surface area contributed by atoms with Crippen LogP contribution in [-0.4, -0.2) is 87.0 Å². The number of amides is 2. The molecule has 1 saturated heterocycles. The molecule has 2 heterocycles. The molecule has 38 heavy (non-hydrogen) atoms. The van der Waals surface area contributed by atoms with Crippen molar-refractivity contribution < 1.29 is 28.9 Å². The number of likely N-dealkylation sites (N-methyl/N-ethyl adjacent to an activating group) is 1. The van der Waals surface area contributed by atoms with Crippen molar-refractivity contribution in [3.63, 3.8) is 0 Å². The predicted octanol–water partition coefficient (Wildman–Crippen LogP) is 3.13. The lowest BCUT2D eigenvalue weighted by Gasteiger charge is -2.43. The van der Waals surface area contributed by atoms with E-state index in [-0.39, 0.29) is 30.2 Å². The number of phenols is 1. The first-order valence-corrected chi connectivity index (χ1v) is 12.7. The molecule has 0 radical (unpaired) electrons. The van der Waals surface area contributed by atoms with Crippen molar-refractivity contribution in [2.45, 2.75) is 25.9 Å². The maximum Gasteiger partial charge on any atom is 0.338 e. The van der Waals surface area contributed by atoms with E-state index in [4.69, 9.17) is 14.2 Å². The fraction of sp³-hybridized carbons (Fsp3) is 0.429. The molecule has 2 amide bonds. The van der Waals surface area contributed by atoms with Crippen molar-refractivity contribution in [2.75, 3.05) is 59.0 Å². The first-order valence-electron chi connectivity index (χ1n) is 12.7. The van der Waals surface area contributed by atoms with Gasteiger partial charge in [-0.3, -0.25) is 9.80 Å². The van der Waals surface area contributed by atoms with E-state index in [1.54, 1.807) is 33.2 Å². The number of phenolic OH excluding ortho intramolecular Hbond substituents is 1. The minimum atomic E-state index is -0.752. The van der Waals surface area contributed by atoms with E-state index in [2.05, 4.69) is 28.1 Å². The summed E-state index contributed by atoms with van der Waals surface area (Å²) in [6, 6.07) is 11.9. The molecule has 2 aromatic carbocycles. The summed E-state index contributed by atoms with van der Waals surface area (Å²) in [4.78, 5) is 32.4. The number of nitrogens with zero attached hydrogens (tertiary/aromatic N) is 3. The molecule has 2 unspecified atom stereocenters. The third kappa shape index (κ3) is 5.50. The standard InChI is InChI=1S/C28H36N4O6/c1-6-38-27(34)25-22(30(3)28(35)29-26(25)19-10-11-23(33)24(14-19)37-5)17-31-12-13-32(18(2)16-31)20-8-7-9-21(15-20)36-4/h7-11,14-15,18,26,33H,6,12-13,16-17H2,1-5H3,(H,29,35). The number of methoxy groups -OCH3 is 2. The Balaban J connectivity index is 1.64. The fourth-order valence-corrected chi connectivity index (χ4v) is 5.08. The average molecular weight is 525 g/mol. The molecule has 2 atom stereocenters. The van der Waals surface area contributed by atoms with E-state index < -0.39 is 12.0 Å². The maximum absolute atomic E-state index is 13.3. The van der Waals surface area contributed by atoms with Crippen LogP contribution < -0.4 is 19.7 Å². The van der Waals surface area contributed by atoms with Crippen LogP contribution in [0.25, 0.3) is 0 Å². The summed E-state index contributed by atoms with van der Waals surface area (Å²) in [6.07, 6.45) is 0. The number of ether oxygens (including phenoxy) is 3. The molecule has 0 aliphatic carbocycles. The molecule has 2 aliphatic heterocycles. The summed E-state index contributed by atoms with van der Waals surface area (Å²) in [7, 11) is 4.77. The van der Waals surface area contributed by atoms with Crippen LogP contribution in [0.15, 0.2) is 53.7 Å². The van der Waals surface area contributed by atoms with Crippen LogP contribution in [0.4, 0.5) is 10.5 Å². The minimum absolute atomic E-state index is 0.0275. The van der Waals surface area contributed by atoms with Crippen molar-refractivity contribution in [1.82, 2.24) is 15.1 Å². The maximum atomic E-state index is 13.3. The van der Waals surface area contributed by atoms with Crippen LogP contribution in [0.3, 0.4) is 0 Å². The number of benzene rings is 2. The van der Waals surface area contributed by atoms with Gasteiger partial charge in [0.1, 0.15) is 5.75 Å². The Morgan fingerprint density at radius 3 is 2.61 bits per heavy atom. The van der Waals surface area contributed by atoms with Gasteiger partial charge >= 0.3 is 12.0 Å². The topological polar surface area (TPSA) is 104 Å². The van der Waals surface area contributed by atoms with Crippen molar-refractivity contribution in [2.24, 2.45) is 0 Å². The fourth-order valence-electron chi connectivity index (χ4n) is 5.08. The first kappa shape index (κ1) is 27.1. The third-order valence-corrected chi connectivity index (χ3v) is 7.08. The smallest absolute Gasteiger partial charge is 0.338 e. The molecule has 0 spiro atoms. The molecular weight excluding hydrogens is 488 g/mol. The lowest BCUT2D eigenvalue weighted by Crippen LogP contribution is -2.55. The second-order valence-electron chi connectivity index (χ2n) is 9.43. The van der Waals surface area contributed by atoms with Crippen LogP contribution >= 0.6 is 0 Å². The number of urea groups is 1. The zero-order valence-electron chi connectivity index (χ0n) is 22.6. The molecule has 0 saturated carbocycles. The molecule has 4 rings (SSSR count). The van der Waals surface area contributed by atoms with E-state index in [0.717, 1.165) is 31.1 Å². The Bertz CT molecular complexity index is 1220. The van der Waals surface area contributed by atoms with Gasteiger partial charge in [-0.1, -0.05) is 12.1 Å². The van der Waals surface area contributed by atoms with Crippen LogP contribution in [-0.2, 0) is 9.53 Å². The summed E-state index contributed by atoms with van der Waals surface area (Å²) in [5.74, 6) is 0.547. The Morgan fingerprint density at radius 1 is 1.13 bits per heavy atom. The third-order valence-electron chi connectivity index (χ3n) is 7.08. The highest BCUT2D eigenvalue weighted by atomic mass is 16.5. The quantitative estimate of drug-likeness (QED) is 0.508. The monoisotopic (exact) mass is 524 g/mol. The summed E-state index contributed by atoms with van der Waals surface area (Å²) in [5, 5.41) is 13.0. The highest BCUT2D eigenvalue weighted by Crippen LogP contribution is 2.36. The molecule has 204 valence electrons. The second-order valence-corrected chi connectivity index (χ2v) is 9.43. The second kappa shape index (κ2) is 11.6. The van der Waals surface area contributed by atoms with E-state index in [0.29, 0.717) is 23.4 Å². The number of rotatable bonds is 8. The van der Waals surface area contributed by atoms with Gasteiger partial charge in [0.2, 0.25) is 0 Å². The van der Waals surface area contributed by atoms with E-state index in [9.17, 15) is 14.7 Å². The Hall–Kier alpha value is -3.92. The number of carbonyl (C=O) groups is 2. The average Bonchev–Trinajstić information content (AvgIpc) is 2.91. The molecule has 0 bridgehead atoms. The van der Waals surface area contributed by atoms with E-state index >= 15 is 0 Å². The molecule has 1 fully saturated rings. The molecule has 10 heteroatoms. The molecular formula is C28H36N4O6. The molecule has 2 aromatic rings. The zero-order chi connectivity index (χ0) is 27.4. The summed E-state index contributed by atoms with van der Waals surface area (Å²) in [6.45, 7) is 6.79. The van der Waals surface area contributed by atoms with Crippen LogP contribution in [0.5, 0.6) is 17.2 Å². The Morgan fingerprint density at radius 2 is 1.92 bits per heavy atom. The number of esters is 1. The minimum Gasteiger partial charge on any atom is -0.504 e. The van der Waals surface area contributed by atoms with Gasteiger partial charge in [-0.25, -0.2) is 9.59 Å². The van der Waals surface area contributed by atoms with Crippen molar-refractivity contribution >= 4 is 17.7 Å². The Kier molecular flexibility index (Phi) is 8.31. The highest BCUT2D eigenvalue weighted by molar-refractivity contribution is 5.95. The van der Waals surface area contributed by atoms with Gasteiger partial charge in [0.05, 0.1) is 32.4 Å². The van der Waals surface area contributed by atoms with Gasteiger partial charge < -0.3 is 29.5 Å². The number of carbonyl (C=O) groups excluding carboxylic acids is 2. The van der Waals surface area contributed by atoms with Crippen LogP contribution in [0.1, 0.15) is 25.5 Å². The predicted molar refractivity (Wildman–Crippen MR) is 144 cm³/mol. The lowest BCUT2D eigenvalue weighted by molar-refractivity contribution is -0.139. The van der Waals surface area contributed by atoms with Gasteiger partial charge in [-0.15, -0.1) is 0 Å². The van der Waals surface area contributed by atoms with Gasteiger partial charge in [-0.05, 0) is 43.7 Å². The lowest BCUT2D eigenvalue weighted by atomic mass is 9.93. The summed E-state index contributed by atoms with van der Waals surface area (Å²) < 4.78 is 16.1. The normalized spacial score (nSPS) is 20.3. The largest absolute Gasteiger partial charge is 0.504 e. The SMILES string of the molecule is CCOC(=O)C1=C(CN2CCN(c3cccc(OC)c3)C(C)C2)N(C)C(=O)NC1c1ccc(O)c(OC)c1. The number of anilines is 1. The van der Waals surface area contributed by atoms with Gasteiger partial charge in [0.15, 0.2) is 11.5 Å². The van der Waals surface area contributed by atoms with Crippen molar-refractivity contribution in [1.29, 1.82) is 0 Å². The molecule has 2 aliphatic rings. The van der Waals surface area contributed by atoms with Gasteiger partial charge in [0.25, 0.3) is 0 Å². The Labute approximate surface area is 223 Å².